The van der Waals surface area contributed by atoms with Crippen LogP contribution in [0.5, 0.6) is 0 Å². The summed E-state index contributed by atoms with van der Waals surface area (Å²) in [6, 6.07) is 5.12. The zero-order chi connectivity index (χ0) is 18.8. The molecule has 2 aromatic rings. The number of sulfone groups is 1. The fraction of sp³-hybridized carbons (Fsp3) is 0.250. The first-order chi connectivity index (χ1) is 11.6. The maximum atomic E-state index is 12.6. The molecule has 0 aliphatic carbocycles. The van der Waals surface area contributed by atoms with Gasteiger partial charge < -0.3 is 0 Å². The highest BCUT2D eigenvalue weighted by molar-refractivity contribution is 7.92. The summed E-state index contributed by atoms with van der Waals surface area (Å²) in [6.45, 7) is 5.14. The Hall–Kier alpha value is -1.41. The molecule has 1 heterocycles. The smallest absolute Gasteiger partial charge is 0.247 e. The maximum absolute atomic E-state index is 12.6. The number of benzene rings is 1. The Labute approximate surface area is 160 Å². The summed E-state index contributed by atoms with van der Waals surface area (Å²) < 4.78 is 23.4. The Morgan fingerprint density at radius 3 is 2.64 bits per heavy atom. The molecule has 0 N–H and O–H groups in total. The first-order valence-electron chi connectivity index (χ1n) is 7.17. The summed E-state index contributed by atoms with van der Waals surface area (Å²) >= 11 is 13.2. The average molecular weight is 419 g/mol. The number of thiazole rings is 1. The lowest BCUT2D eigenvalue weighted by atomic mass is 10.2. The summed E-state index contributed by atoms with van der Waals surface area (Å²) in [5, 5.41) is 1.83. The summed E-state index contributed by atoms with van der Waals surface area (Å²) in [5.41, 5.74) is 1.37. The maximum Gasteiger partial charge on any atom is 0.247 e. The first kappa shape index (κ1) is 19.9. The van der Waals surface area contributed by atoms with Crippen LogP contribution in [0.2, 0.25) is 10.0 Å². The Bertz CT molecular complexity index is 910. The van der Waals surface area contributed by atoms with E-state index in [1.165, 1.54) is 29.2 Å². The molecule has 134 valence electrons. The number of halogens is 2. The number of aromatic nitrogens is 1. The molecule has 0 saturated heterocycles. The van der Waals surface area contributed by atoms with Gasteiger partial charge in [-0.15, -0.1) is 17.9 Å². The van der Waals surface area contributed by atoms with E-state index < -0.39 is 21.0 Å². The molecule has 5 nitrogen and oxygen atoms in total. The monoisotopic (exact) mass is 418 g/mol. The largest absolute Gasteiger partial charge is 0.283 e. The molecule has 1 atom stereocenters. The van der Waals surface area contributed by atoms with Gasteiger partial charge in [-0.2, -0.15) is 0 Å². The summed E-state index contributed by atoms with van der Waals surface area (Å²) in [4.78, 5) is 18.3. The molecular formula is C16H16Cl2N2O3S2. The Morgan fingerprint density at radius 2 is 2.08 bits per heavy atom. The van der Waals surface area contributed by atoms with Crippen LogP contribution in [0, 0.1) is 0 Å². The van der Waals surface area contributed by atoms with Gasteiger partial charge in [0.1, 0.15) is 5.25 Å². The average Bonchev–Trinajstić information content (AvgIpc) is 3.02. The van der Waals surface area contributed by atoms with Crippen LogP contribution >= 0.6 is 34.5 Å². The summed E-state index contributed by atoms with van der Waals surface area (Å²) in [6.07, 6.45) is 2.55. The number of amides is 1. The van der Waals surface area contributed by atoms with E-state index in [2.05, 4.69) is 11.6 Å². The summed E-state index contributed by atoms with van der Waals surface area (Å²) in [7, 11) is -3.51. The molecule has 0 aliphatic rings. The predicted octanol–water partition coefficient (Wildman–Crippen LogP) is 4.07. The van der Waals surface area contributed by atoms with Gasteiger partial charge in [0, 0.05) is 23.7 Å². The van der Waals surface area contributed by atoms with E-state index in [9.17, 15) is 13.2 Å². The van der Waals surface area contributed by atoms with Crippen molar-refractivity contribution in [3.05, 3.63) is 46.3 Å². The van der Waals surface area contributed by atoms with Gasteiger partial charge in [-0.05, 0) is 19.1 Å². The van der Waals surface area contributed by atoms with Crippen molar-refractivity contribution < 1.29 is 13.2 Å². The molecule has 0 fully saturated rings. The normalized spacial score (nSPS) is 12.6. The predicted molar refractivity (Wildman–Crippen MR) is 104 cm³/mol. The highest BCUT2D eigenvalue weighted by Gasteiger charge is 2.30. The van der Waals surface area contributed by atoms with Gasteiger partial charge in [0.15, 0.2) is 15.0 Å². The molecule has 1 aromatic heterocycles. The van der Waals surface area contributed by atoms with Crippen molar-refractivity contribution in [3.63, 3.8) is 0 Å². The zero-order valence-electron chi connectivity index (χ0n) is 13.6. The van der Waals surface area contributed by atoms with Crippen LogP contribution in [0.15, 0.2) is 36.2 Å². The van der Waals surface area contributed by atoms with E-state index in [1.54, 1.807) is 23.6 Å². The first-order valence-corrected chi connectivity index (χ1v) is 10.8. The molecule has 0 saturated carbocycles. The van der Waals surface area contributed by atoms with Crippen LogP contribution in [-0.2, 0) is 14.6 Å². The minimum atomic E-state index is -3.51. The second-order valence-corrected chi connectivity index (χ2v) is 9.37. The number of hydrogen-bond acceptors (Lipinski definition) is 5. The molecule has 0 bridgehead atoms. The van der Waals surface area contributed by atoms with Crippen molar-refractivity contribution in [2.24, 2.45) is 0 Å². The second kappa shape index (κ2) is 7.86. The van der Waals surface area contributed by atoms with Crippen LogP contribution < -0.4 is 4.90 Å². The molecule has 0 aliphatic heterocycles. The molecular weight excluding hydrogens is 403 g/mol. The molecule has 25 heavy (non-hydrogen) atoms. The zero-order valence-corrected chi connectivity index (χ0v) is 16.7. The van der Waals surface area contributed by atoms with Crippen LogP contribution in [0.4, 0.5) is 5.13 Å². The van der Waals surface area contributed by atoms with Crippen molar-refractivity contribution in [1.29, 1.82) is 0 Å². The van der Waals surface area contributed by atoms with Gasteiger partial charge in [0.25, 0.3) is 0 Å². The number of carbonyl (C=O) groups excluding carboxylic acids is 1. The highest BCUT2D eigenvalue weighted by Crippen LogP contribution is 2.32. The van der Waals surface area contributed by atoms with E-state index in [1.807, 2.05) is 0 Å². The molecule has 1 amide bonds. The molecule has 2 rings (SSSR count). The van der Waals surface area contributed by atoms with Gasteiger partial charge in [0.2, 0.25) is 5.91 Å². The summed E-state index contributed by atoms with van der Waals surface area (Å²) in [5.74, 6) is -0.544. The van der Waals surface area contributed by atoms with E-state index in [0.717, 1.165) is 11.8 Å². The van der Waals surface area contributed by atoms with E-state index in [0.29, 0.717) is 20.9 Å². The van der Waals surface area contributed by atoms with Gasteiger partial charge in [0.05, 0.1) is 15.7 Å². The van der Waals surface area contributed by atoms with Crippen molar-refractivity contribution >= 4 is 55.4 Å². The number of hydrogen-bond donors (Lipinski definition) is 0. The van der Waals surface area contributed by atoms with Crippen LogP contribution in [0.25, 0.3) is 11.3 Å². The Balaban J connectivity index is 2.37. The van der Waals surface area contributed by atoms with Crippen molar-refractivity contribution in [2.45, 2.75) is 12.2 Å². The Morgan fingerprint density at radius 1 is 1.40 bits per heavy atom. The fourth-order valence-corrected chi connectivity index (χ4v) is 3.61. The third-order valence-corrected chi connectivity index (χ3v) is 6.59. The third-order valence-electron chi connectivity index (χ3n) is 3.51. The van der Waals surface area contributed by atoms with Crippen molar-refractivity contribution in [3.8, 4) is 11.3 Å². The van der Waals surface area contributed by atoms with Crippen molar-refractivity contribution in [1.82, 2.24) is 4.98 Å². The van der Waals surface area contributed by atoms with Crippen LogP contribution in [0.3, 0.4) is 0 Å². The Kier molecular flexibility index (Phi) is 6.26. The second-order valence-electron chi connectivity index (χ2n) is 5.35. The van der Waals surface area contributed by atoms with Crippen LogP contribution in [-0.4, -0.2) is 37.4 Å². The third kappa shape index (κ3) is 4.61. The number of carbonyl (C=O) groups is 1. The standard InChI is InChI=1S/C16H16Cl2N2O3S2/c1-4-7-20(15(21)10(2)25(3,22)23)16-19-14(9-24-16)11-5-6-12(17)13(18)8-11/h4-6,8-10H,1,7H2,2-3H3. The SMILES string of the molecule is C=CCN(C(=O)C(C)S(C)(=O)=O)c1nc(-c2ccc(Cl)c(Cl)c2)cs1. The van der Waals surface area contributed by atoms with E-state index in [-0.39, 0.29) is 6.54 Å². The molecule has 9 heteroatoms. The van der Waals surface area contributed by atoms with Gasteiger partial charge in [-0.1, -0.05) is 35.3 Å². The van der Waals surface area contributed by atoms with Gasteiger partial charge in [-0.3, -0.25) is 9.69 Å². The van der Waals surface area contributed by atoms with Crippen molar-refractivity contribution in [2.75, 3.05) is 17.7 Å². The quantitative estimate of drug-likeness (QED) is 0.662. The minimum absolute atomic E-state index is 0.160. The topological polar surface area (TPSA) is 67.3 Å². The van der Waals surface area contributed by atoms with E-state index >= 15 is 0 Å². The van der Waals surface area contributed by atoms with Gasteiger partial charge >= 0.3 is 0 Å². The van der Waals surface area contributed by atoms with E-state index in [4.69, 9.17) is 23.2 Å². The fourth-order valence-electron chi connectivity index (χ4n) is 1.97. The number of rotatable bonds is 6. The molecule has 1 unspecified atom stereocenters. The lowest BCUT2D eigenvalue weighted by molar-refractivity contribution is -0.117. The number of nitrogens with zero attached hydrogens (tertiary/aromatic N) is 2. The highest BCUT2D eigenvalue weighted by atomic mass is 35.5. The lowest BCUT2D eigenvalue weighted by Crippen LogP contribution is -2.41. The number of anilines is 1. The molecule has 0 radical (unpaired) electrons. The van der Waals surface area contributed by atoms with Gasteiger partial charge in [-0.25, -0.2) is 13.4 Å². The van der Waals surface area contributed by atoms with Crippen LogP contribution in [0.1, 0.15) is 6.92 Å². The molecule has 0 spiro atoms. The lowest BCUT2D eigenvalue weighted by Gasteiger charge is -2.21. The molecule has 1 aromatic carbocycles. The minimum Gasteiger partial charge on any atom is -0.283 e.